The molecule has 3 aliphatic heterocycles. The number of nitrogens with zero attached hydrogens (tertiary/aromatic N) is 1. The highest BCUT2D eigenvalue weighted by Crippen LogP contribution is 2.41. The number of fused-ring (bicyclic) bond motifs is 2. The minimum atomic E-state index is -0.369. The van der Waals surface area contributed by atoms with Gasteiger partial charge in [-0.3, -0.25) is 4.90 Å². The van der Waals surface area contributed by atoms with Crippen molar-refractivity contribution < 1.29 is 33.2 Å². The van der Waals surface area contributed by atoms with Crippen LogP contribution >= 0.6 is 0 Å². The number of carbonyl (C=O) groups is 1. The van der Waals surface area contributed by atoms with Gasteiger partial charge in [-0.25, -0.2) is 4.79 Å². The molecule has 5 rings (SSSR count). The standard InChI is InChI=1S/C22H21NO7/c1-23-9-14(10-26-15-4-6-17-19(8-15)30-12-28-17)20(22(24)25-2)21(23)13-3-5-16-18(7-13)29-11-27-16/h3-8,21H,9-12H2,1-2H3/t21-/m0/s1. The van der Waals surface area contributed by atoms with Crippen LogP contribution in [-0.2, 0) is 9.53 Å². The second-order valence-corrected chi connectivity index (χ2v) is 7.24. The van der Waals surface area contributed by atoms with Gasteiger partial charge in [0.25, 0.3) is 0 Å². The van der Waals surface area contributed by atoms with Crippen LogP contribution in [0.25, 0.3) is 0 Å². The smallest absolute Gasteiger partial charge is 0.335 e. The van der Waals surface area contributed by atoms with Gasteiger partial charge in [0.05, 0.1) is 18.7 Å². The third-order valence-electron chi connectivity index (χ3n) is 5.41. The maximum Gasteiger partial charge on any atom is 0.335 e. The summed E-state index contributed by atoms with van der Waals surface area (Å²) in [6.07, 6.45) is 0. The van der Waals surface area contributed by atoms with Crippen LogP contribution in [0.5, 0.6) is 28.7 Å². The molecule has 0 unspecified atom stereocenters. The molecule has 156 valence electrons. The SMILES string of the molecule is COC(=O)C1=C(COc2ccc3c(c2)OCO3)CN(C)[C@H]1c1ccc2c(c1)OCO2. The van der Waals surface area contributed by atoms with Crippen LogP contribution in [0.4, 0.5) is 0 Å². The number of rotatable bonds is 5. The second-order valence-electron chi connectivity index (χ2n) is 7.24. The maximum absolute atomic E-state index is 12.7. The number of carbonyl (C=O) groups excluding carboxylic acids is 1. The van der Waals surface area contributed by atoms with Gasteiger partial charge in [0.2, 0.25) is 13.6 Å². The summed E-state index contributed by atoms with van der Waals surface area (Å²) in [5.41, 5.74) is 2.38. The van der Waals surface area contributed by atoms with Crippen molar-refractivity contribution in [3.8, 4) is 28.7 Å². The van der Waals surface area contributed by atoms with Crippen LogP contribution in [0.15, 0.2) is 47.5 Å². The van der Waals surface area contributed by atoms with E-state index in [-0.39, 0.29) is 32.2 Å². The van der Waals surface area contributed by atoms with E-state index in [9.17, 15) is 4.79 Å². The van der Waals surface area contributed by atoms with Crippen LogP contribution in [-0.4, -0.2) is 51.8 Å². The summed E-state index contributed by atoms with van der Waals surface area (Å²) < 4.78 is 32.7. The number of likely N-dealkylation sites (N-methyl/N-ethyl adjacent to an activating group) is 1. The Labute approximate surface area is 173 Å². The average Bonchev–Trinajstić information content (AvgIpc) is 3.48. The minimum Gasteiger partial charge on any atom is -0.489 e. The summed E-state index contributed by atoms with van der Waals surface area (Å²) in [6.45, 7) is 1.25. The summed E-state index contributed by atoms with van der Waals surface area (Å²) in [5.74, 6) is 3.00. The Bertz CT molecular complexity index is 1030. The van der Waals surface area contributed by atoms with Crippen molar-refractivity contribution >= 4 is 5.97 Å². The van der Waals surface area contributed by atoms with Crippen molar-refractivity contribution in [1.29, 1.82) is 0 Å². The van der Waals surface area contributed by atoms with E-state index in [1.807, 2.05) is 37.4 Å². The first-order valence-electron chi connectivity index (χ1n) is 9.56. The molecule has 0 aromatic heterocycles. The van der Waals surface area contributed by atoms with Gasteiger partial charge in [-0.05, 0) is 42.4 Å². The van der Waals surface area contributed by atoms with Gasteiger partial charge in [-0.1, -0.05) is 6.07 Å². The number of ether oxygens (including phenoxy) is 6. The Morgan fingerprint density at radius 1 is 1.00 bits per heavy atom. The maximum atomic E-state index is 12.7. The lowest BCUT2D eigenvalue weighted by molar-refractivity contribution is -0.136. The molecule has 0 saturated heterocycles. The van der Waals surface area contributed by atoms with E-state index in [0.29, 0.717) is 40.9 Å². The normalized spacial score (nSPS) is 19.3. The highest BCUT2D eigenvalue weighted by Gasteiger charge is 2.37. The highest BCUT2D eigenvalue weighted by molar-refractivity contribution is 5.92. The summed E-state index contributed by atoms with van der Waals surface area (Å²) in [7, 11) is 3.35. The largest absolute Gasteiger partial charge is 0.489 e. The fourth-order valence-corrected chi connectivity index (χ4v) is 4.02. The van der Waals surface area contributed by atoms with Gasteiger partial charge in [0, 0.05) is 12.6 Å². The van der Waals surface area contributed by atoms with E-state index >= 15 is 0 Å². The van der Waals surface area contributed by atoms with Gasteiger partial charge in [0.15, 0.2) is 23.0 Å². The van der Waals surface area contributed by atoms with E-state index in [1.54, 1.807) is 6.07 Å². The molecule has 2 aromatic rings. The molecule has 8 nitrogen and oxygen atoms in total. The number of hydrogen-bond donors (Lipinski definition) is 0. The molecule has 0 spiro atoms. The first-order chi connectivity index (χ1) is 14.6. The zero-order valence-electron chi connectivity index (χ0n) is 16.7. The molecule has 0 radical (unpaired) electrons. The van der Waals surface area contributed by atoms with E-state index in [0.717, 1.165) is 11.1 Å². The Hall–Kier alpha value is -3.39. The van der Waals surface area contributed by atoms with Gasteiger partial charge >= 0.3 is 5.97 Å². The molecule has 0 N–H and O–H groups in total. The topological polar surface area (TPSA) is 75.7 Å². The van der Waals surface area contributed by atoms with Gasteiger partial charge in [-0.15, -0.1) is 0 Å². The molecule has 0 bridgehead atoms. The van der Waals surface area contributed by atoms with Crippen LogP contribution in [0.2, 0.25) is 0 Å². The first kappa shape index (κ1) is 18.6. The number of hydrogen-bond acceptors (Lipinski definition) is 8. The van der Waals surface area contributed by atoms with E-state index in [4.69, 9.17) is 28.4 Å². The lowest BCUT2D eigenvalue weighted by atomic mass is 9.97. The molecule has 0 aliphatic carbocycles. The van der Waals surface area contributed by atoms with Crippen LogP contribution in [0, 0.1) is 0 Å². The average molecular weight is 411 g/mol. The summed E-state index contributed by atoms with van der Waals surface area (Å²) >= 11 is 0. The first-order valence-corrected chi connectivity index (χ1v) is 9.56. The summed E-state index contributed by atoms with van der Waals surface area (Å²) in [6, 6.07) is 10.9. The number of esters is 1. The summed E-state index contributed by atoms with van der Waals surface area (Å²) in [4.78, 5) is 14.8. The molecule has 0 amide bonds. The predicted molar refractivity (Wildman–Crippen MR) is 105 cm³/mol. The predicted octanol–water partition coefficient (Wildman–Crippen LogP) is 2.68. The highest BCUT2D eigenvalue weighted by atomic mass is 16.7. The molecule has 0 saturated carbocycles. The molecule has 3 aliphatic rings. The number of benzene rings is 2. The molecule has 2 aromatic carbocycles. The van der Waals surface area contributed by atoms with Crippen LogP contribution < -0.4 is 23.7 Å². The van der Waals surface area contributed by atoms with Crippen LogP contribution in [0.1, 0.15) is 11.6 Å². The van der Waals surface area contributed by atoms with Gasteiger partial charge in [0.1, 0.15) is 12.4 Å². The third kappa shape index (κ3) is 3.19. The molecule has 3 heterocycles. The van der Waals surface area contributed by atoms with Crippen molar-refractivity contribution in [3.05, 3.63) is 53.1 Å². The Morgan fingerprint density at radius 2 is 1.67 bits per heavy atom. The lowest BCUT2D eigenvalue weighted by Gasteiger charge is -2.22. The lowest BCUT2D eigenvalue weighted by Crippen LogP contribution is -2.23. The fourth-order valence-electron chi connectivity index (χ4n) is 4.02. The quantitative estimate of drug-likeness (QED) is 0.696. The third-order valence-corrected chi connectivity index (χ3v) is 5.41. The molecular weight excluding hydrogens is 390 g/mol. The molecule has 0 fully saturated rings. The molecule has 30 heavy (non-hydrogen) atoms. The second kappa shape index (κ2) is 7.46. The van der Waals surface area contributed by atoms with Gasteiger partial charge in [-0.2, -0.15) is 0 Å². The molecule has 8 heteroatoms. The molecule has 1 atom stereocenters. The summed E-state index contributed by atoms with van der Waals surface area (Å²) in [5, 5.41) is 0. The van der Waals surface area contributed by atoms with Crippen molar-refractivity contribution in [2.75, 3.05) is 40.9 Å². The Morgan fingerprint density at radius 3 is 2.40 bits per heavy atom. The van der Waals surface area contributed by atoms with Gasteiger partial charge < -0.3 is 28.4 Å². The van der Waals surface area contributed by atoms with Crippen molar-refractivity contribution in [3.63, 3.8) is 0 Å². The number of methoxy groups -OCH3 is 1. The minimum absolute atomic E-state index is 0.202. The zero-order chi connectivity index (χ0) is 20.7. The molecular formula is C22H21NO7. The van der Waals surface area contributed by atoms with E-state index in [2.05, 4.69) is 4.90 Å². The Kier molecular flexibility index (Phi) is 4.63. The fraction of sp³-hybridized carbons (Fsp3) is 0.318. The zero-order valence-corrected chi connectivity index (χ0v) is 16.7. The monoisotopic (exact) mass is 411 g/mol. The van der Waals surface area contributed by atoms with E-state index < -0.39 is 0 Å². The van der Waals surface area contributed by atoms with E-state index in [1.165, 1.54) is 7.11 Å². The van der Waals surface area contributed by atoms with Crippen molar-refractivity contribution in [1.82, 2.24) is 4.90 Å². The van der Waals surface area contributed by atoms with Crippen molar-refractivity contribution in [2.24, 2.45) is 0 Å². The van der Waals surface area contributed by atoms with Crippen LogP contribution in [0.3, 0.4) is 0 Å². The Balaban J connectivity index is 1.43. The van der Waals surface area contributed by atoms with Crippen molar-refractivity contribution in [2.45, 2.75) is 6.04 Å².